The number of rotatable bonds is 5. The van der Waals surface area contributed by atoms with Crippen LogP contribution in [-0.4, -0.2) is 26.2 Å². The van der Waals surface area contributed by atoms with Gasteiger partial charge < -0.3 is 15.0 Å². The second kappa shape index (κ2) is 7.58. The number of benzene rings is 2. The zero-order valence-electron chi connectivity index (χ0n) is 14.9. The fourth-order valence-corrected chi connectivity index (χ4v) is 3.37. The molecule has 1 aliphatic heterocycles. The Morgan fingerprint density at radius 1 is 1.15 bits per heavy atom. The van der Waals surface area contributed by atoms with Gasteiger partial charge in [-0.25, -0.2) is 0 Å². The lowest BCUT2D eigenvalue weighted by molar-refractivity contribution is -0.137. The first-order chi connectivity index (χ1) is 12.4. The van der Waals surface area contributed by atoms with Gasteiger partial charge in [-0.2, -0.15) is 13.2 Å². The van der Waals surface area contributed by atoms with Crippen molar-refractivity contribution in [2.24, 2.45) is 0 Å². The lowest BCUT2D eigenvalue weighted by Crippen LogP contribution is -2.34. The normalized spacial score (nSPS) is 18.8. The minimum absolute atomic E-state index is 0.136. The number of halogens is 3. The van der Waals surface area contributed by atoms with Crippen LogP contribution in [0.25, 0.3) is 0 Å². The van der Waals surface area contributed by atoms with Crippen molar-refractivity contribution < 1.29 is 17.9 Å². The van der Waals surface area contributed by atoms with Gasteiger partial charge in [0.1, 0.15) is 5.75 Å². The molecule has 0 saturated carbocycles. The number of nitrogens with zero attached hydrogens (tertiary/aromatic N) is 1. The Kier molecular flexibility index (Phi) is 5.41. The van der Waals surface area contributed by atoms with Crippen LogP contribution in [0.5, 0.6) is 5.75 Å². The molecule has 2 aromatic rings. The molecular weight excluding hydrogens is 341 g/mol. The molecule has 0 aliphatic carbocycles. The number of hydrogen-bond donors (Lipinski definition) is 1. The van der Waals surface area contributed by atoms with Crippen LogP contribution in [-0.2, 0) is 6.18 Å². The van der Waals surface area contributed by atoms with E-state index in [0.717, 1.165) is 30.3 Å². The first kappa shape index (κ1) is 18.6. The summed E-state index contributed by atoms with van der Waals surface area (Å²) in [4.78, 5) is 2.01. The van der Waals surface area contributed by atoms with Gasteiger partial charge in [0.15, 0.2) is 0 Å². The molecule has 2 aromatic carbocycles. The minimum atomic E-state index is -4.31. The van der Waals surface area contributed by atoms with Gasteiger partial charge in [-0.05, 0) is 49.2 Å². The molecule has 1 N–H and O–H groups in total. The lowest BCUT2D eigenvalue weighted by Gasteiger charge is -2.22. The van der Waals surface area contributed by atoms with Crippen molar-refractivity contribution >= 4 is 5.69 Å². The van der Waals surface area contributed by atoms with Crippen LogP contribution in [0.3, 0.4) is 0 Å². The van der Waals surface area contributed by atoms with E-state index in [1.165, 1.54) is 12.1 Å². The highest BCUT2D eigenvalue weighted by Gasteiger charge is 2.31. The fraction of sp³-hybridized carbons (Fsp3) is 0.400. The van der Waals surface area contributed by atoms with Gasteiger partial charge in [-0.3, -0.25) is 0 Å². The molecular formula is C20H23F3N2O. The van der Waals surface area contributed by atoms with E-state index in [2.05, 4.69) is 12.2 Å². The Hall–Kier alpha value is -2.21. The van der Waals surface area contributed by atoms with Gasteiger partial charge in [0, 0.05) is 30.9 Å². The average Bonchev–Trinajstić information content (AvgIpc) is 3.09. The summed E-state index contributed by atoms with van der Waals surface area (Å²) in [6.07, 6.45) is -3.42. The van der Waals surface area contributed by atoms with Crippen LogP contribution in [0.2, 0.25) is 0 Å². The second-order valence-corrected chi connectivity index (χ2v) is 6.64. The molecule has 1 aliphatic rings. The molecule has 1 fully saturated rings. The number of hydrogen-bond acceptors (Lipinski definition) is 3. The molecule has 0 aromatic heterocycles. The highest BCUT2D eigenvalue weighted by atomic mass is 19.4. The molecule has 3 rings (SSSR count). The maximum atomic E-state index is 12.9. The van der Waals surface area contributed by atoms with Crippen molar-refractivity contribution in [1.29, 1.82) is 0 Å². The van der Waals surface area contributed by atoms with E-state index in [4.69, 9.17) is 4.74 Å². The van der Waals surface area contributed by atoms with Crippen molar-refractivity contribution in [3.63, 3.8) is 0 Å². The van der Waals surface area contributed by atoms with Gasteiger partial charge in [0.2, 0.25) is 0 Å². The third-order valence-corrected chi connectivity index (χ3v) is 4.81. The zero-order chi connectivity index (χ0) is 18.7. The maximum Gasteiger partial charge on any atom is 0.416 e. The quantitative estimate of drug-likeness (QED) is 0.836. The zero-order valence-corrected chi connectivity index (χ0v) is 14.9. The van der Waals surface area contributed by atoms with E-state index in [-0.39, 0.29) is 12.1 Å². The van der Waals surface area contributed by atoms with Crippen molar-refractivity contribution in [3.8, 4) is 5.75 Å². The summed E-state index contributed by atoms with van der Waals surface area (Å²) in [5, 5.41) is 3.57. The van der Waals surface area contributed by atoms with Gasteiger partial charge in [0.25, 0.3) is 0 Å². The molecule has 140 valence electrons. The summed E-state index contributed by atoms with van der Waals surface area (Å²) in [6.45, 7) is 3.52. The van der Waals surface area contributed by atoms with E-state index in [1.54, 1.807) is 13.2 Å². The van der Waals surface area contributed by atoms with Crippen LogP contribution in [0, 0.1) is 0 Å². The Labute approximate surface area is 151 Å². The predicted octanol–water partition coefficient (Wildman–Crippen LogP) is 4.64. The Morgan fingerprint density at radius 3 is 2.65 bits per heavy atom. The molecule has 26 heavy (non-hydrogen) atoms. The Morgan fingerprint density at radius 2 is 1.92 bits per heavy atom. The number of anilines is 1. The van der Waals surface area contributed by atoms with Crippen molar-refractivity contribution in [3.05, 3.63) is 59.7 Å². The Bertz CT molecular complexity index is 748. The molecule has 0 radical (unpaired) electrons. The standard InChI is InChI=1S/C20H23F3N2O/c1-14(15-5-3-8-19(11-15)26-2)24-17-9-10-25(13-17)18-7-4-6-16(12-18)20(21,22)23/h3-8,11-12,14,17,24H,9-10,13H2,1-2H3/t14-,17-/m1/s1. The topological polar surface area (TPSA) is 24.5 Å². The van der Waals surface area contributed by atoms with Crippen molar-refractivity contribution in [2.45, 2.75) is 31.6 Å². The van der Waals surface area contributed by atoms with Crippen LogP contribution in [0.15, 0.2) is 48.5 Å². The molecule has 0 unspecified atom stereocenters. The van der Waals surface area contributed by atoms with E-state index < -0.39 is 11.7 Å². The summed E-state index contributed by atoms with van der Waals surface area (Å²) in [6, 6.07) is 13.8. The summed E-state index contributed by atoms with van der Waals surface area (Å²) in [7, 11) is 1.64. The molecule has 3 nitrogen and oxygen atoms in total. The molecule has 1 saturated heterocycles. The predicted molar refractivity (Wildman–Crippen MR) is 96.6 cm³/mol. The third kappa shape index (κ3) is 4.30. The van der Waals surface area contributed by atoms with Crippen molar-refractivity contribution in [2.75, 3.05) is 25.1 Å². The number of methoxy groups -OCH3 is 1. The number of ether oxygens (including phenoxy) is 1. The first-order valence-corrected chi connectivity index (χ1v) is 8.69. The number of nitrogens with one attached hydrogen (secondary N) is 1. The van der Waals surface area contributed by atoms with Gasteiger partial charge in [0.05, 0.1) is 12.7 Å². The highest BCUT2D eigenvalue weighted by molar-refractivity contribution is 5.50. The first-order valence-electron chi connectivity index (χ1n) is 8.69. The van der Waals surface area contributed by atoms with Crippen LogP contribution < -0.4 is 15.0 Å². The minimum Gasteiger partial charge on any atom is -0.497 e. The lowest BCUT2D eigenvalue weighted by atomic mass is 10.1. The number of alkyl halides is 3. The molecule has 2 atom stereocenters. The van der Waals surface area contributed by atoms with Crippen LogP contribution in [0.4, 0.5) is 18.9 Å². The summed E-state index contributed by atoms with van der Waals surface area (Å²) < 4.78 is 44.0. The smallest absolute Gasteiger partial charge is 0.416 e. The van der Waals surface area contributed by atoms with Gasteiger partial charge in [-0.1, -0.05) is 18.2 Å². The summed E-state index contributed by atoms with van der Waals surface area (Å²) >= 11 is 0. The third-order valence-electron chi connectivity index (χ3n) is 4.81. The molecule has 0 spiro atoms. The molecule has 0 amide bonds. The van der Waals surface area contributed by atoms with Crippen molar-refractivity contribution in [1.82, 2.24) is 5.32 Å². The van der Waals surface area contributed by atoms with E-state index in [0.29, 0.717) is 12.2 Å². The molecule has 0 bridgehead atoms. The monoisotopic (exact) mass is 364 g/mol. The maximum absolute atomic E-state index is 12.9. The SMILES string of the molecule is COc1cccc([C@@H](C)N[C@@H]2CCN(c3cccc(C(F)(F)F)c3)C2)c1. The van der Waals surface area contributed by atoms with E-state index in [1.807, 2.05) is 29.2 Å². The molecule has 6 heteroatoms. The summed E-state index contributed by atoms with van der Waals surface area (Å²) in [5.74, 6) is 0.813. The van der Waals surface area contributed by atoms with Gasteiger partial charge >= 0.3 is 6.18 Å². The fourth-order valence-electron chi connectivity index (χ4n) is 3.37. The van der Waals surface area contributed by atoms with E-state index >= 15 is 0 Å². The highest BCUT2D eigenvalue weighted by Crippen LogP contribution is 2.32. The Balaban J connectivity index is 1.63. The van der Waals surface area contributed by atoms with E-state index in [9.17, 15) is 13.2 Å². The average molecular weight is 364 g/mol. The molecule has 1 heterocycles. The van der Waals surface area contributed by atoms with Crippen LogP contribution >= 0.6 is 0 Å². The largest absolute Gasteiger partial charge is 0.497 e. The van der Waals surface area contributed by atoms with Gasteiger partial charge in [-0.15, -0.1) is 0 Å². The summed E-state index contributed by atoms with van der Waals surface area (Å²) in [5.41, 5.74) is 1.15. The second-order valence-electron chi connectivity index (χ2n) is 6.64. The van der Waals surface area contributed by atoms with Crippen LogP contribution in [0.1, 0.15) is 30.5 Å².